The first-order valence-corrected chi connectivity index (χ1v) is 12.1. The third-order valence-electron chi connectivity index (χ3n) is 4.45. The van der Waals surface area contributed by atoms with Gasteiger partial charge in [0.2, 0.25) is 0 Å². The Morgan fingerprint density at radius 2 is 1.95 bits per heavy atom. The molecule has 2 aliphatic carbocycles. The van der Waals surface area contributed by atoms with Crippen molar-refractivity contribution in [2.45, 2.75) is 39.1 Å². The van der Waals surface area contributed by atoms with Gasteiger partial charge in [0, 0.05) is 23.6 Å². The van der Waals surface area contributed by atoms with Crippen LogP contribution >= 0.6 is 9.89 Å². The molecule has 0 saturated heterocycles. The van der Waals surface area contributed by atoms with Gasteiger partial charge in [0.05, 0.1) is 0 Å². The molecule has 0 N–H and O–H groups in total. The summed E-state index contributed by atoms with van der Waals surface area (Å²) in [7, 11) is 0.215. The van der Waals surface area contributed by atoms with Gasteiger partial charge in [-0.05, 0) is 28.7 Å². The van der Waals surface area contributed by atoms with E-state index in [4.69, 9.17) is 0 Å². The molecule has 1 heterocycles. The van der Waals surface area contributed by atoms with Crippen LogP contribution in [0.3, 0.4) is 0 Å². The lowest BCUT2D eigenvalue weighted by atomic mass is 9.92. The summed E-state index contributed by atoms with van der Waals surface area (Å²) < 4.78 is 0. The van der Waals surface area contributed by atoms with Crippen molar-refractivity contribution in [1.82, 2.24) is 0 Å². The Morgan fingerprint density at radius 3 is 2.55 bits per heavy atom. The first-order chi connectivity index (χ1) is 9.50. The van der Waals surface area contributed by atoms with E-state index in [-0.39, 0.29) is 7.50 Å². The number of fused-ring (bicyclic) bond motifs is 1. The molecule has 0 aromatic rings. The van der Waals surface area contributed by atoms with Crippen molar-refractivity contribution in [1.29, 1.82) is 0 Å². The SMILES string of the molecule is CC(C)C1=CC(C2=C3C=CC=C3S(=[Si](C)C)C2C)C=C1. The minimum Gasteiger partial charge on any atom is -0.175 e. The van der Waals surface area contributed by atoms with E-state index in [0.717, 1.165) is 5.25 Å². The van der Waals surface area contributed by atoms with Crippen molar-refractivity contribution in [2.75, 3.05) is 0 Å². The molecule has 3 rings (SSSR count). The summed E-state index contributed by atoms with van der Waals surface area (Å²) in [5, 5.41) is 0.738. The Morgan fingerprint density at radius 1 is 1.20 bits per heavy atom. The zero-order valence-corrected chi connectivity index (χ0v) is 14.9. The molecule has 106 valence electrons. The van der Waals surface area contributed by atoms with E-state index in [9.17, 15) is 0 Å². The van der Waals surface area contributed by atoms with Crippen LogP contribution in [0.2, 0.25) is 13.1 Å². The van der Waals surface area contributed by atoms with Crippen LogP contribution < -0.4 is 0 Å². The van der Waals surface area contributed by atoms with Crippen LogP contribution in [0.4, 0.5) is 0 Å². The molecule has 3 unspecified atom stereocenters. The number of allylic oxidation sites excluding steroid dienone is 8. The van der Waals surface area contributed by atoms with Gasteiger partial charge in [-0.1, -0.05) is 64.2 Å². The summed E-state index contributed by atoms with van der Waals surface area (Å²) in [6.07, 6.45) is 14.3. The molecule has 0 amide bonds. The fraction of sp³-hybridized carbons (Fsp3) is 0.444. The standard InChI is InChI=1S/C18H24SSi/c1-12(2)14-9-10-15(11-14)18-13(3)19(20(4)5)17-8-6-7-16(17)18/h6-13,15H,1-5H3. The first kappa shape index (κ1) is 14.2. The van der Waals surface area contributed by atoms with Crippen LogP contribution in [0.15, 0.2) is 58.1 Å². The van der Waals surface area contributed by atoms with Gasteiger partial charge in [-0.2, -0.15) is 9.89 Å². The van der Waals surface area contributed by atoms with Crippen molar-refractivity contribution >= 4 is 17.4 Å². The second-order valence-electron chi connectivity index (χ2n) is 6.35. The van der Waals surface area contributed by atoms with Gasteiger partial charge < -0.3 is 0 Å². The van der Waals surface area contributed by atoms with Crippen LogP contribution in [-0.2, 0) is 0 Å². The molecule has 3 aliphatic rings. The van der Waals surface area contributed by atoms with E-state index in [1.165, 1.54) is 5.57 Å². The zero-order chi connectivity index (χ0) is 14.4. The summed E-state index contributed by atoms with van der Waals surface area (Å²) in [6, 6.07) is 0. The first-order valence-electron chi connectivity index (χ1n) is 7.56. The predicted octanol–water partition coefficient (Wildman–Crippen LogP) is 5.43. The maximum absolute atomic E-state index is 2.50. The van der Waals surface area contributed by atoms with Crippen molar-refractivity contribution in [3.8, 4) is 0 Å². The van der Waals surface area contributed by atoms with Gasteiger partial charge in [0.15, 0.2) is 0 Å². The van der Waals surface area contributed by atoms with Crippen molar-refractivity contribution in [3.05, 3.63) is 58.1 Å². The molecule has 3 atom stereocenters. The van der Waals surface area contributed by atoms with E-state index >= 15 is 0 Å². The lowest BCUT2D eigenvalue weighted by Crippen LogP contribution is -2.09. The summed E-state index contributed by atoms with van der Waals surface area (Å²) in [5.41, 5.74) is 4.77. The highest BCUT2D eigenvalue weighted by Crippen LogP contribution is 2.53. The van der Waals surface area contributed by atoms with E-state index in [1.54, 1.807) is 16.1 Å². The van der Waals surface area contributed by atoms with Gasteiger partial charge in [-0.15, -0.1) is 0 Å². The highest BCUT2D eigenvalue weighted by Gasteiger charge is 2.34. The topological polar surface area (TPSA) is 0 Å². The molecular weight excluding hydrogens is 276 g/mol. The molecule has 2 heteroatoms. The molecule has 0 spiro atoms. The average Bonchev–Trinajstić information content (AvgIpc) is 3.02. The van der Waals surface area contributed by atoms with Gasteiger partial charge in [-0.3, -0.25) is 0 Å². The Balaban J connectivity index is 2.05. The van der Waals surface area contributed by atoms with Crippen molar-refractivity contribution < 1.29 is 0 Å². The second-order valence-corrected chi connectivity index (χ2v) is 13.8. The number of rotatable bonds is 2. The lowest BCUT2D eigenvalue weighted by Gasteiger charge is -2.18. The molecule has 0 fully saturated rings. The molecule has 0 radical (unpaired) electrons. The Kier molecular flexibility index (Phi) is 3.72. The Hall–Kier alpha value is -0.733. The fourth-order valence-electron chi connectivity index (χ4n) is 3.51. The molecular formula is C18H24SSi. The van der Waals surface area contributed by atoms with E-state index in [0.29, 0.717) is 21.7 Å². The highest BCUT2D eigenvalue weighted by molar-refractivity contribution is 8.25. The molecule has 0 saturated carbocycles. The van der Waals surface area contributed by atoms with E-state index in [1.807, 2.05) is 0 Å². The predicted molar refractivity (Wildman–Crippen MR) is 94.3 cm³/mol. The molecule has 0 bridgehead atoms. The number of hydrogen-bond acceptors (Lipinski definition) is 0. The molecule has 0 nitrogen and oxygen atoms in total. The minimum absolute atomic E-state index is 0.271. The maximum Gasteiger partial charge on any atom is 0.0424 e. The maximum atomic E-state index is 2.50. The fourth-order valence-corrected chi connectivity index (χ4v) is 10.6. The van der Waals surface area contributed by atoms with Crippen LogP contribution in [0, 0.1) is 11.8 Å². The second kappa shape index (κ2) is 5.23. The third kappa shape index (κ3) is 2.13. The molecule has 0 aromatic carbocycles. The minimum atomic E-state index is -0.271. The van der Waals surface area contributed by atoms with Crippen LogP contribution in [-0.4, -0.2) is 12.8 Å². The van der Waals surface area contributed by atoms with Crippen LogP contribution in [0.5, 0.6) is 0 Å². The highest BCUT2D eigenvalue weighted by atomic mass is 32.3. The van der Waals surface area contributed by atoms with Gasteiger partial charge in [0.25, 0.3) is 0 Å². The van der Waals surface area contributed by atoms with Crippen molar-refractivity contribution in [2.24, 2.45) is 11.8 Å². The van der Waals surface area contributed by atoms with Gasteiger partial charge in [0.1, 0.15) is 0 Å². The zero-order valence-electron chi connectivity index (χ0n) is 13.1. The smallest absolute Gasteiger partial charge is 0.0424 e. The van der Waals surface area contributed by atoms with Crippen LogP contribution in [0.1, 0.15) is 20.8 Å². The quantitative estimate of drug-likeness (QED) is 0.597. The van der Waals surface area contributed by atoms with Crippen LogP contribution in [0.25, 0.3) is 0 Å². The summed E-state index contributed by atoms with van der Waals surface area (Å²) in [4.78, 5) is 1.66. The number of hydrogen-bond donors (Lipinski definition) is 0. The van der Waals surface area contributed by atoms with E-state index in [2.05, 4.69) is 70.3 Å². The normalized spacial score (nSPS) is 31.2. The molecule has 20 heavy (non-hydrogen) atoms. The Bertz CT molecular complexity index is 634. The van der Waals surface area contributed by atoms with E-state index < -0.39 is 0 Å². The summed E-state index contributed by atoms with van der Waals surface area (Å²) in [5.74, 6) is 1.19. The third-order valence-corrected chi connectivity index (χ3v) is 11.5. The lowest BCUT2D eigenvalue weighted by molar-refractivity contribution is 0.786. The molecule has 1 aliphatic heterocycles. The monoisotopic (exact) mass is 300 g/mol. The molecule has 0 aromatic heterocycles. The largest absolute Gasteiger partial charge is 0.175 e. The van der Waals surface area contributed by atoms with Crippen molar-refractivity contribution in [3.63, 3.8) is 0 Å². The summed E-state index contributed by atoms with van der Waals surface area (Å²) in [6.45, 7) is 12.0. The Labute approximate surface area is 126 Å². The average molecular weight is 301 g/mol. The van der Waals surface area contributed by atoms with Gasteiger partial charge in [-0.25, -0.2) is 0 Å². The summed E-state index contributed by atoms with van der Waals surface area (Å²) >= 11 is 0. The van der Waals surface area contributed by atoms with Gasteiger partial charge >= 0.3 is 0 Å².